The first-order valence-corrected chi connectivity index (χ1v) is 10.0. The number of rotatable bonds is 5. The molecular formula is C22H34O. The monoisotopic (exact) mass is 314 g/mol. The van der Waals surface area contributed by atoms with Gasteiger partial charge in [-0.1, -0.05) is 51.2 Å². The Hall–Kier alpha value is -0.980. The lowest BCUT2D eigenvalue weighted by Gasteiger charge is -2.38. The van der Waals surface area contributed by atoms with E-state index in [9.17, 15) is 5.11 Å². The Labute approximate surface area is 142 Å². The molecule has 0 unspecified atom stereocenters. The summed E-state index contributed by atoms with van der Waals surface area (Å²) in [6.07, 6.45) is 15.9. The van der Waals surface area contributed by atoms with Gasteiger partial charge in [-0.15, -0.1) is 0 Å². The Kier molecular flexibility index (Phi) is 6.02. The van der Waals surface area contributed by atoms with E-state index in [-0.39, 0.29) is 0 Å². The first-order chi connectivity index (χ1) is 11.3. The lowest BCUT2D eigenvalue weighted by molar-refractivity contribution is 0.156. The van der Waals surface area contributed by atoms with Gasteiger partial charge < -0.3 is 5.11 Å². The molecule has 0 atom stereocenters. The number of hydrogen-bond donors (Lipinski definition) is 1. The minimum atomic E-state index is 0.391. The Bertz CT molecular complexity index is 447. The minimum absolute atomic E-state index is 0.391. The predicted octanol–water partition coefficient (Wildman–Crippen LogP) is 6.66. The predicted molar refractivity (Wildman–Crippen MR) is 97.8 cm³/mol. The summed E-state index contributed by atoms with van der Waals surface area (Å²) in [5, 5.41) is 9.44. The van der Waals surface area contributed by atoms with Gasteiger partial charge in [-0.05, 0) is 79.9 Å². The average Bonchev–Trinajstić information content (AvgIpc) is 2.61. The summed E-state index contributed by atoms with van der Waals surface area (Å²) in [5.41, 5.74) is 1.43. The molecule has 1 aromatic carbocycles. The fourth-order valence-electron chi connectivity index (χ4n) is 5.11. The Morgan fingerprint density at radius 1 is 0.826 bits per heavy atom. The molecule has 0 saturated heterocycles. The van der Waals surface area contributed by atoms with Crippen molar-refractivity contribution in [2.24, 2.45) is 17.8 Å². The van der Waals surface area contributed by atoms with Crippen molar-refractivity contribution < 1.29 is 5.11 Å². The van der Waals surface area contributed by atoms with Crippen LogP contribution in [0.4, 0.5) is 0 Å². The highest BCUT2D eigenvalue weighted by molar-refractivity contribution is 5.28. The molecule has 1 N–H and O–H groups in total. The molecule has 23 heavy (non-hydrogen) atoms. The van der Waals surface area contributed by atoms with Crippen LogP contribution in [0.2, 0.25) is 0 Å². The van der Waals surface area contributed by atoms with Crippen LogP contribution in [-0.2, 0) is 0 Å². The lowest BCUT2D eigenvalue weighted by Crippen LogP contribution is -2.25. The minimum Gasteiger partial charge on any atom is -0.508 e. The fraction of sp³-hybridized carbons (Fsp3) is 0.727. The molecule has 0 aliphatic heterocycles. The third-order valence-electron chi connectivity index (χ3n) is 6.66. The van der Waals surface area contributed by atoms with Gasteiger partial charge in [0.1, 0.15) is 5.75 Å². The van der Waals surface area contributed by atoms with E-state index in [1.165, 1.54) is 76.2 Å². The number of phenols is 1. The SMILES string of the molecule is CCCC[C@H]1CC[C@H]([C@H]2CC[C@H](c3ccc(O)cc3)CC2)CC1. The largest absolute Gasteiger partial charge is 0.508 e. The van der Waals surface area contributed by atoms with Crippen LogP contribution in [0.1, 0.15) is 89.0 Å². The van der Waals surface area contributed by atoms with Crippen molar-refractivity contribution in [3.8, 4) is 5.75 Å². The van der Waals surface area contributed by atoms with Gasteiger partial charge in [-0.3, -0.25) is 0 Å². The molecule has 2 aliphatic rings. The molecule has 0 radical (unpaired) electrons. The first-order valence-electron chi connectivity index (χ1n) is 10.0. The van der Waals surface area contributed by atoms with Crippen molar-refractivity contribution in [2.75, 3.05) is 0 Å². The molecule has 1 heteroatoms. The molecular weight excluding hydrogens is 280 g/mol. The molecule has 0 amide bonds. The van der Waals surface area contributed by atoms with Crippen LogP contribution < -0.4 is 0 Å². The Balaban J connectivity index is 1.43. The third-order valence-corrected chi connectivity index (χ3v) is 6.66. The highest BCUT2D eigenvalue weighted by Crippen LogP contribution is 2.44. The normalized spacial score (nSPS) is 31.9. The van der Waals surface area contributed by atoms with Crippen molar-refractivity contribution in [3.63, 3.8) is 0 Å². The van der Waals surface area contributed by atoms with Crippen molar-refractivity contribution >= 4 is 0 Å². The van der Waals surface area contributed by atoms with Crippen LogP contribution in [0.15, 0.2) is 24.3 Å². The van der Waals surface area contributed by atoms with Crippen LogP contribution in [0.5, 0.6) is 5.75 Å². The second kappa shape index (κ2) is 8.22. The molecule has 0 heterocycles. The molecule has 1 aromatic rings. The van der Waals surface area contributed by atoms with Crippen LogP contribution >= 0.6 is 0 Å². The van der Waals surface area contributed by atoms with Crippen molar-refractivity contribution in [2.45, 2.75) is 83.5 Å². The van der Waals surface area contributed by atoms with E-state index < -0.39 is 0 Å². The number of hydrogen-bond acceptors (Lipinski definition) is 1. The molecule has 0 spiro atoms. The van der Waals surface area contributed by atoms with Crippen molar-refractivity contribution in [1.29, 1.82) is 0 Å². The van der Waals surface area contributed by atoms with Crippen LogP contribution in [-0.4, -0.2) is 5.11 Å². The van der Waals surface area contributed by atoms with E-state index in [1.807, 2.05) is 12.1 Å². The zero-order valence-electron chi connectivity index (χ0n) is 14.8. The van der Waals surface area contributed by atoms with Gasteiger partial charge in [0.05, 0.1) is 0 Å². The summed E-state index contributed by atoms with van der Waals surface area (Å²) in [6, 6.07) is 7.94. The topological polar surface area (TPSA) is 20.2 Å². The highest BCUT2D eigenvalue weighted by Gasteiger charge is 2.31. The lowest BCUT2D eigenvalue weighted by atomic mass is 9.68. The van der Waals surface area contributed by atoms with E-state index in [2.05, 4.69) is 19.1 Å². The van der Waals surface area contributed by atoms with Gasteiger partial charge in [0.15, 0.2) is 0 Å². The van der Waals surface area contributed by atoms with Crippen LogP contribution in [0, 0.1) is 17.8 Å². The summed E-state index contributed by atoms with van der Waals surface area (Å²) in [4.78, 5) is 0. The Morgan fingerprint density at radius 3 is 1.96 bits per heavy atom. The molecule has 3 rings (SSSR count). The van der Waals surface area contributed by atoms with Crippen LogP contribution in [0.3, 0.4) is 0 Å². The molecule has 2 fully saturated rings. The van der Waals surface area contributed by atoms with Gasteiger partial charge in [0.25, 0.3) is 0 Å². The third kappa shape index (κ3) is 4.52. The second-order valence-electron chi connectivity index (χ2n) is 8.13. The van der Waals surface area contributed by atoms with Gasteiger partial charge in [0, 0.05) is 0 Å². The van der Waals surface area contributed by atoms with Crippen molar-refractivity contribution in [1.82, 2.24) is 0 Å². The summed E-state index contributed by atoms with van der Waals surface area (Å²) < 4.78 is 0. The van der Waals surface area contributed by atoms with E-state index in [4.69, 9.17) is 0 Å². The van der Waals surface area contributed by atoms with Crippen molar-refractivity contribution in [3.05, 3.63) is 29.8 Å². The molecule has 2 aliphatic carbocycles. The van der Waals surface area contributed by atoms with Gasteiger partial charge in [0.2, 0.25) is 0 Å². The fourth-order valence-corrected chi connectivity index (χ4v) is 5.11. The maximum Gasteiger partial charge on any atom is 0.115 e. The van der Waals surface area contributed by atoms with Crippen LogP contribution in [0.25, 0.3) is 0 Å². The molecule has 0 bridgehead atoms. The number of unbranched alkanes of at least 4 members (excludes halogenated alkanes) is 1. The van der Waals surface area contributed by atoms with Gasteiger partial charge in [-0.2, -0.15) is 0 Å². The first kappa shape index (κ1) is 16.9. The van der Waals surface area contributed by atoms with Gasteiger partial charge in [-0.25, -0.2) is 0 Å². The van der Waals surface area contributed by atoms with E-state index in [0.29, 0.717) is 5.75 Å². The zero-order valence-corrected chi connectivity index (χ0v) is 14.8. The summed E-state index contributed by atoms with van der Waals surface area (Å²) >= 11 is 0. The standard InChI is InChI=1S/C22H34O/c1-2-3-4-17-5-7-18(8-6-17)19-9-11-20(12-10-19)21-13-15-22(23)16-14-21/h13-20,23H,2-12H2,1H3/t17-,18-,19-,20-. The molecule has 128 valence electrons. The zero-order chi connectivity index (χ0) is 16.1. The molecule has 1 nitrogen and oxygen atoms in total. The quantitative estimate of drug-likeness (QED) is 0.644. The smallest absolute Gasteiger partial charge is 0.115 e. The Morgan fingerprint density at radius 2 is 1.39 bits per heavy atom. The number of phenolic OH excluding ortho intramolecular Hbond substituents is 1. The summed E-state index contributed by atoms with van der Waals surface area (Å²) in [5.74, 6) is 4.18. The van der Waals surface area contributed by atoms with E-state index in [0.717, 1.165) is 23.7 Å². The van der Waals surface area contributed by atoms with E-state index in [1.54, 1.807) is 0 Å². The second-order valence-corrected chi connectivity index (χ2v) is 8.13. The highest BCUT2D eigenvalue weighted by atomic mass is 16.3. The average molecular weight is 315 g/mol. The number of benzene rings is 1. The maximum absolute atomic E-state index is 9.44. The van der Waals surface area contributed by atoms with E-state index >= 15 is 0 Å². The summed E-state index contributed by atoms with van der Waals surface area (Å²) in [6.45, 7) is 2.32. The maximum atomic E-state index is 9.44. The molecule has 0 aromatic heterocycles. The van der Waals surface area contributed by atoms with Gasteiger partial charge >= 0.3 is 0 Å². The number of aromatic hydroxyl groups is 1. The molecule has 2 saturated carbocycles. The summed E-state index contributed by atoms with van der Waals surface area (Å²) in [7, 11) is 0.